The van der Waals surface area contributed by atoms with Crippen LogP contribution in [-0.4, -0.2) is 6.54 Å². The minimum absolute atomic E-state index is 0.116. The molecule has 0 saturated heterocycles. The van der Waals surface area contributed by atoms with Crippen LogP contribution in [0.4, 0.5) is 4.39 Å². The van der Waals surface area contributed by atoms with E-state index in [1.54, 1.807) is 6.07 Å². The summed E-state index contributed by atoms with van der Waals surface area (Å²) < 4.78 is 14.1. The van der Waals surface area contributed by atoms with Crippen molar-refractivity contribution in [2.75, 3.05) is 6.54 Å². The number of hydrogen-bond acceptors (Lipinski definition) is 2. The van der Waals surface area contributed by atoms with Crippen LogP contribution in [0.1, 0.15) is 12.5 Å². The summed E-state index contributed by atoms with van der Waals surface area (Å²) in [6.07, 6.45) is 0. The second kappa shape index (κ2) is 4.07. The van der Waals surface area contributed by atoms with Gasteiger partial charge in [0.15, 0.2) is 0 Å². The fraction of sp³-hybridized carbons (Fsp3) is 0.273. The first kappa shape index (κ1) is 9.62. The Morgan fingerprint density at radius 1 is 1.43 bits per heavy atom. The lowest BCUT2D eigenvalue weighted by Crippen LogP contribution is -2.11. The summed E-state index contributed by atoms with van der Waals surface area (Å²) in [4.78, 5) is 0. The molecule has 1 N–H and O–H groups in total. The molecule has 74 valence electrons. The summed E-state index contributed by atoms with van der Waals surface area (Å²) in [5.41, 5.74) is 1.19. The molecule has 0 spiro atoms. The van der Waals surface area contributed by atoms with E-state index in [0.717, 1.165) is 23.2 Å². The third-order valence-electron chi connectivity index (χ3n) is 2.20. The Balaban J connectivity index is 2.42. The van der Waals surface area contributed by atoms with Gasteiger partial charge in [-0.25, -0.2) is 4.39 Å². The molecule has 0 atom stereocenters. The summed E-state index contributed by atoms with van der Waals surface area (Å²) in [6, 6.07) is 5.25. The zero-order valence-electron chi connectivity index (χ0n) is 8.01. The highest BCUT2D eigenvalue weighted by atomic mass is 32.1. The molecule has 0 saturated carbocycles. The summed E-state index contributed by atoms with van der Waals surface area (Å²) in [5, 5.41) is 6.31. The predicted molar refractivity (Wildman–Crippen MR) is 59.2 cm³/mol. The topological polar surface area (TPSA) is 12.0 Å². The van der Waals surface area contributed by atoms with Crippen molar-refractivity contribution in [2.24, 2.45) is 0 Å². The second-order valence-corrected chi connectivity index (χ2v) is 4.04. The van der Waals surface area contributed by atoms with E-state index in [2.05, 4.69) is 12.2 Å². The Labute approximate surface area is 86.6 Å². The van der Waals surface area contributed by atoms with E-state index in [9.17, 15) is 4.39 Å². The Morgan fingerprint density at radius 3 is 3.07 bits per heavy atom. The zero-order chi connectivity index (χ0) is 9.97. The maximum absolute atomic E-state index is 13.3. The van der Waals surface area contributed by atoms with E-state index in [0.29, 0.717) is 0 Å². The minimum Gasteiger partial charge on any atom is -0.313 e. The summed E-state index contributed by atoms with van der Waals surface area (Å²) in [5.74, 6) is -0.116. The molecule has 3 heteroatoms. The lowest BCUT2D eigenvalue weighted by Gasteiger charge is -1.99. The van der Waals surface area contributed by atoms with Gasteiger partial charge < -0.3 is 5.32 Å². The lowest BCUT2D eigenvalue weighted by atomic mass is 10.2. The number of benzene rings is 1. The Kier molecular flexibility index (Phi) is 2.79. The molecule has 2 aromatic rings. The standard InChI is InChI=1S/C11H12FNS/c1-2-13-6-8-7-14-11-9(8)4-3-5-10(11)12/h3-5,7,13H,2,6H2,1H3. The maximum atomic E-state index is 13.3. The van der Waals surface area contributed by atoms with Gasteiger partial charge in [-0.05, 0) is 28.9 Å². The fourth-order valence-corrected chi connectivity index (χ4v) is 2.45. The first-order valence-electron chi connectivity index (χ1n) is 4.68. The van der Waals surface area contributed by atoms with Crippen LogP contribution in [0, 0.1) is 5.82 Å². The van der Waals surface area contributed by atoms with Gasteiger partial charge in [0.05, 0.1) is 4.70 Å². The largest absolute Gasteiger partial charge is 0.313 e. The number of rotatable bonds is 3. The molecule has 0 amide bonds. The highest BCUT2D eigenvalue weighted by Crippen LogP contribution is 2.27. The molecule has 1 nitrogen and oxygen atoms in total. The molecule has 0 fully saturated rings. The van der Waals surface area contributed by atoms with Gasteiger partial charge in [0.25, 0.3) is 0 Å². The van der Waals surface area contributed by atoms with Gasteiger partial charge in [-0.2, -0.15) is 0 Å². The average molecular weight is 209 g/mol. The second-order valence-electron chi connectivity index (χ2n) is 3.16. The Bertz CT molecular complexity index is 436. The summed E-state index contributed by atoms with van der Waals surface area (Å²) >= 11 is 1.48. The van der Waals surface area contributed by atoms with Crippen molar-refractivity contribution < 1.29 is 4.39 Å². The van der Waals surface area contributed by atoms with Crippen LogP contribution in [0.15, 0.2) is 23.6 Å². The van der Waals surface area contributed by atoms with Gasteiger partial charge in [0, 0.05) is 6.54 Å². The maximum Gasteiger partial charge on any atom is 0.140 e. The van der Waals surface area contributed by atoms with Crippen molar-refractivity contribution in [1.29, 1.82) is 0 Å². The summed E-state index contributed by atoms with van der Waals surface area (Å²) in [7, 11) is 0. The van der Waals surface area contributed by atoms with E-state index < -0.39 is 0 Å². The molecule has 1 heterocycles. The van der Waals surface area contributed by atoms with E-state index >= 15 is 0 Å². The molecule has 0 unspecified atom stereocenters. The molecule has 2 rings (SSSR count). The molecule has 1 aromatic carbocycles. The van der Waals surface area contributed by atoms with Crippen LogP contribution in [0.3, 0.4) is 0 Å². The van der Waals surface area contributed by atoms with Gasteiger partial charge in [-0.15, -0.1) is 11.3 Å². The van der Waals surface area contributed by atoms with E-state index in [1.165, 1.54) is 23.0 Å². The predicted octanol–water partition coefficient (Wildman–Crippen LogP) is 3.15. The van der Waals surface area contributed by atoms with Gasteiger partial charge in [-0.1, -0.05) is 19.1 Å². The third kappa shape index (κ3) is 1.65. The van der Waals surface area contributed by atoms with Gasteiger partial charge in [0.1, 0.15) is 5.82 Å². The molecule has 0 aliphatic carbocycles. The smallest absolute Gasteiger partial charge is 0.140 e. The van der Waals surface area contributed by atoms with Crippen molar-refractivity contribution in [2.45, 2.75) is 13.5 Å². The number of fused-ring (bicyclic) bond motifs is 1. The fourth-order valence-electron chi connectivity index (χ4n) is 1.47. The zero-order valence-corrected chi connectivity index (χ0v) is 8.83. The molecule has 0 aliphatic heterocycles. The molecular weight excluding hydrogens is 197 g/mol. The molecule has 14 heavy (non-hydrogen) atoms. The van der Waals surface area contributed by atoms with Crippen LogP contribution in [0.25, 0.3) is 10.1 Å². The highest BCUT2D eigenvalue weighted by Gasteiger charge is 2.06. The normalized spacial score (nSPS) is 11.0. The number of nitrogens with one attached hydrogen (secondary N) is 1. The van der Waals surface area contributed by atoms with Crippen LogP contribution >= 0.6 is 11.3 Å². The van der Waals surface area contributed by atoms with Crippen molar-refractivity contribution in [3.8, 4) is 0 Å². The number of hydrogen-bond donors (Lipinski definition) is 1. The number of halogens is 1. The van der Waals surface area contributed by atoms with E-state index in [-0.39, 0.29) is 5.82 Å². The average Bonchev–Trinajstić information content (AvgIpc) is 2.60. The van der Waals surface area contributed by atoms with Crippen LogP contribution < -0.4 is 5.32 Å². The quantitative estimate of drug-likeness (QED) is 0.818. The lowest BCUT2D eigenvalue weighted by molar-refractivity contribution is 0.641. The third-order valence-corrected chi connectivity index (χ3v) is 3.25. The van der Waals surface area contributed by atoms with E-state index in [1.807, 2.05) is 11.4 Å². The SMILES string of the molecule is CCNCc1csc2c(F)cccc12. The van der Waals surface area contributed by atoms with Crippen LogP contribution in [0.2, 0.25) is 0 Å². The van der Waals surface area contributed by atoms with Crippen LogP contribution in [0.5, 0.6) is 0 Å². The molecule has 1 aromatic heterocycles. The van der Waals surface area contributed by atoms with E-state index in [4.69, 9.17) is 0 Å². The van der Waals surface area contributed by atoms with Gasteiger partial charge in [-0.3, -0.25) is 0 Å². The van der Waals surface area contributed by atoms with Crippen LogP contribution in [-0.2, 0) is 6.54 Å². The Hall–Kier alpha value is -0.930. The molecule has 0 radical (unpaired) electrons. The van der Waals surface area contributed by atoms with Crippen molar-refractivity contribution in [3.05, 3.63) is 35.0 Å². The first-order chi connectivity index (χ1) is 6.83. The monoisotopic (exact) mass is 209 g/mol. The number of thiophene rings is 1. The molecule has 0 bridgehead atoms. The molecular formula is C11H12FNS. The first-order valence-corrected chi connectivity index (χ1v) is 5.56. The summed E-state index contributed by atoms with van der Waals surface area (Å²) in [6.45, 7) is 3.82. The Morgan fingerprint density at radius 2 is 2.29 bits per heavy atom. The highest BCUT2D eigenvalue weighted by molar-refractivity contribution is 7.17. The minimum atomic E-state index is -0.116. The van der Waals surface area contributed by atoms with Crippen molar-refractivity contribution in [1.82, 2.24) is 5.32 Å². The van der Waals surface area contributed by atoms with Gasteiger partial charge >= 0.3 is 0 Å². The van der Waals surface area contributed by atoms with Gasteiger partial charge in [0.2, 0.25) is 0 Å². The molecule has 0 aliphatic rings. The van der Waals surface area contributed by atoms with Crippen molar-refractivity contribution >= 4 is 21.4 Å². The van der Waals surface area contributed by atoms with Crippen molar-refractivity contribution in [3.63, 3.8) is 0 Å².